The van der Waals surface area contributed by atoms with Gasteiger partial charge in [0.25, 0.3) is 5.91 Å². The molecule has 27 heavy (non-hydrogen) atoms. The maximum Gasteiger partial charge on any atom is 0.307 e. The van der Waals surface area contributed by atoms with Crippen LogP contribution in [0.25, 0.3) is 6.08 Å². The minimum Gasteiger partial charge on any atom is -0.488 e. The van der Waals surface area contributed by atoms with Crippen LogP contribution in [0.3, 0.4) is 0 Å². The number of carbonyl (C=O) groups excluding carboxylic acids is 2. The van der Waals surface area contributed by atoms with Gasteiger partial charge in [-0.05, 0) is 42.0 Å². The lowest BCUT2D eigenvalue weighted by Gasteiger charge is -2.22. The van der Waals surface area contributed by atoms with Gasteiger partial charge in [0.1, 0.15) is 12.4 Å². The van der Waals surface area contributed by atoms with Gasteiger partial charge in [-0.3, -0.25) is 9.59 Å². The van der Waals surface area contributed by atoms with E-state index in [4.69, 9.17) is 32.7 Å². The minimum atomic E-state index is -0.552. The van der Waals surface area contributed by atoms with Gasteiger partial charge in [-0.15, -0.1) is 0 Å². The molecule has 0 spiro atoms. The third kappa shape index (κ3) is 4.81. The Labute approximate surface area is 166 Å². The smallest absolute Gasteiger partial charge is 0.307 e. The summed E-state index contributed by atoms with van der Waals surface area (Å²) >= 11 is 11.9. The predicted octanol–water partition coefficient (Wildman–Crippen LogP) is 4.19. The minimum absolute atomic E-state index is 0.000421. The van der Waals surface area contributed by atoms with Crippen molar-refractivity contribution in [3.05, 3.63) is 69.2 Å². The number of rotatable bonds is 5. The van der Waals surface area contributed by atoms with Crippen molar-refractivity contribution in [2.75, 3.05) is 13.7 Å². The van der Waals surface area contributed by atoms with E-state index in [0.29, 0.717) is 21.4 Å². The fourth-order valence-electron chi connectivity index (χ4n) is 2.73. The normalized spacial score (nSPS) is 13.7. The van der Waals surface area contributed by atoms with Gasteiger partial charge in [0.15, 0.2) is 0 Å². The molecule has 1 heterocycles. The highest BCUT2D eigenvalue weighted by atomic mass is 35.5. The van der Waals surface area contributed by atoms with Gasteiger partial charge in [-0.1, -0.05) is 35.3 Å². The summed E-state index contributed by atoms with van der Waals surface area (Å²) in [6.45, 7) is 0.131. The van der Waals surface area contributed by atoms with E-state index >= 15 is 0 Å². The Morgan fingerprint density at radius 2 is 1.85 bits per heavy atom. The number of amides is 1. The monoisotopic (exact) mass is 405 g/mol. The molecule has 140 valence electrons. The molecule has 0 aliphatic carbocycles. The van der Waals surface area contributed by atoms with Crippen molar-refractivity contribution in [1.82, 2.24) is 5.32 Å². The molecule has 0 saturated heterocycles. The van der Waals surface area contributed by atoms with Crippen molar-refractivity contribution in [2.24, 2.45) is 0 Å². The average molecular weight is 406 g/mol. The van der Waals surface area contributed by atoms with E-state index in [-0.39, 0.29) is 18.9 Å². The molecule has 1 atom stereocenters. The molecule has 0 aromatic heterocycles. The maximum atomic E-state index is 12.7. The van der Waals surface area contributed by atoms with Gasteiger partial charge >= 0.3 is 5.97 Å². The second kappa shape index (κ2) is 8.46. The number of carbonyl (C=O) groups is 2. The van der Waals surface area contributed by atoms with Crippen molar-refractivity contribution in [3.63, 3.8) is 0 Å². The van der Waals surface area contributed by atoms with Gasteiger partial charge in [0.05, 0.1) is 25.1 Å². The van der Waals surface area contributed by atoms with Gasteiger partial charge in [0, 0.05) is 15.6 Å². The van der Waals surface area contributed by atoms with E-state index in [2.05, 4.69) is 5.32 Å². The number of hydrogen-bond donors (Lipinski definition) is 1. The first-order valence-electron chi connectivity index (χ1n) is 8.22. The van der Waals surface area contributed by atoms with Crippen LogP contribution in [0, 0.1) is 0 Å². The third-order valence-corrected chi connectivity index (χ3v) is 4.64. The number of halogens is 2. The molecule has 1 N–H and O–H groups in total. The van der Waals surface area contributed by atoms with E-state index in [9.17, 15) is 9.59 Å². The molecular weight excluding hydrogens is 389 g/mol. The van der Waals surface area contributed by atoms with Crippen molar-refractivity contribution in [2.45, 2.75) is 12.5 Å². The van der Waals surface area contributed by atoms with Crippen LogP contribution < -0.4 is 10.1 Å². The molecule has 1 unspecified atom stereocenters. The first kappa shape index (κ1) is 19.3. The van der Waals surface area contributed by atoms with Crippen LogP contribution in [-0.2, 0) is 14.3 Å². The molecule has 7 heteroatoms. The Morgan fingerprint density at radius 1 is 1.15 bits per heavy atom. The molecule has 1 amide bonds. The Hall–Kier alpha value is -2.50. The standard InChI is InChI=1S/C20H17Cl2NO4/c1-26-19(24)10-17(12-2-4-15(21)5-3-12)23-20(25)14-8-13-9-16(22)6-7-18(13)27-11-14/h2-9,17H,10-11H2,1H3,(H,23,25). The van der Waals surface area contributed by atoms with E-state index in [1.54, 1.807) is 48.5 Å². The number of fused-ring (bicyclic) bond motifs is 1. The summed E-state index contributed by atoms with van der Waals surface area (Å²) in [7, 11) is 1.31. The number of benzene rings is 2. The molecule has 0 fully saturated rings. The summed E-state index contributed by atoms with van der Waals surface area (Å²) in [6, 6.07) is 11.6. The van der Waals surface area contributed by atoms with Crippen LogP contribution in [0.2, 0.25) is 10.0 Å². The highest BCUT2D eigenvalue weighted by molar-refractivity contribution is 6.31. The zero-order chi connectivity index (χ0) is 19.4. The molecule has 5 nitrogen and oxygen atoms in total. The van der Waals surface area contributed by atoms with Crippen LogP contribution in [0.4, 0.5) is 0 Å². The van der Waals surface area contributed by atoms with Crippen molar-refractivity contribution in [3.8, 4) is 5.75 Å². The molecule has 1 aliphatic rings. The van der Waals surface area contributed by atoms with Crippen LogP contribution in [0.1, 0.15) is 23.6 Å². The zero-order valence-electron chi connectivity index (χ0n) is 14.5. The Kier molecular flexibility index (Phi) is 6.04. The van der Waals surface area contributed by atoms with Crippen LogP contribution in [0.5, 0.6) is 5.75 Å². The topological polar surface area (TPSA) is 64.6 Å². The molecule has 0 saturated carbocycles. The van der Waals surface area contributed by atoms with Crippen molar-refractivity contribution in [1.29, 1.82) is 0 Å². The SMILES string of the molecule is COC(=O)CC(NC(=O)C1=Cc2cc(Cl)ccc2OC1)c1ccc(Cl)cc1. The highest BCUT2D eigenvalue weighted by Crippen LogP contribution is 2.29. The van der Waals surface area contributed by atoms with Gasteiger partial charge in [0.2, 0.25) is 0 Å². The van der Waals surface area contributed by atoms with Gasteiger partial charge in [-0.2, -0.15) is 0 Å². The summed E-state index contributed by atoms with van der Waals surface area (Å²) in [6.07, 6.45) is 1.73. The van der Waals surface area contributed by atoms with Crippen LogP contribution in [0.15, 0.2) is 48.0 Å². The van der Waals surface area contributed by atoms with Crippen molar-refractivity contribution < 1.29 is 19.1 Å². The van der Waals surface area contributed by atoms with E-state index in [1.165, 1.54) is 7.11 Å². The largest absolute Gasteiger partial charge is 0.488 e. The van der Waals surface area contributed by atoms with E-state index in [1.807, 2.05) is 0 Å². The average Bonchev–Trinajstić information content (AvgIpc) is 2.67. The number of ether oxygens (including phenoxy) is 2. The van der Waals surface area contributed by atoms with Crippen molar-refractivity contribution >= 4 is 41.2 Å². The second-order valence-electron chi connectivity index (χ2n) is 6.00. The predicted molar refractivity (Wildman–Crippen MR) is 104 cm³/mol. The Bertz CT molecular complexity index is 893. The molecule has 2 aromatic rings. The molecule has 2 aromatic carbocycles. The quantitative estimate of drug-likeness (QED) is 0.757. The second-order valence-corrected chi connectivity index (χ2v) is 6.87. The summed E-state index contributed by atoms with van der Waals surface area (Å²) in [5.74, 6) is -0.0921. The summed E-state index contributed by atoms with van der Waals surface area (Å²) in [5.41, 5.74) is 1.92. The first-order chi connectivity index (χ1) is 13.0. The number of methoxy groups -OCH3 is 1. The van der Waals surface area contributed by atoms with Gasteiger partial charge < -0.3 is 14.8 Å². The van der Waals surface area contributed by atoms with Crippen LogP contribution >= 0.6 is 23.2 Å². The molecule has 3 rings (SSSR count). The zero-order valence-corrected chi connectivity index (χ0v) is 16.0. The lowest BCUT2D eigenvalue weighted by Crippen LogP contribution is -2.33. The van der Waals surface area contributed by atoms with E-state index < -0.39 is 12.0 Å². The van der Waals surface area contributed by atoms with Gasteiger partial charge in [-0.25, -0.2) is 0 Å². The summed E-state index contributed by atoms with van der Waals surface area (Å²) < 4.78 is 10.4. The van der Waals surface area contributed by atoms with E-state index in [0.717, 1.165) is 11.1 Å². The Balaban J connectivity index is 1.81. The fraction of sp³-hybridized carbons (Fsp3) is 0.200. The number of esters is 1. The maximum absolute atomic E-state index is 12.7. The summed E-state index contributed by atoms with van der Waals surface area (Å²) in [5, 5.41) is 3.99. The van der Waals surface area contributed by atoms with Crippen LogP contribution in [-0.4, -0.2) is 25.6 Å². The third-order valence-electron chi connectivity index (χ3n) is 4.15. The first-order valence-corrected chi connectivity index (χ1v) is 8.98. The fourth-order valence-corrected chi connectivity index (χ4v) is 3.03. The number of nitrogens with one attached hydrogen (secondary N) is 1. The summed E-state index contributed by atoms with van der Waals surface area (Å²) in [4.78, 5) is 24.5. The lowest BCUT2D eigenvalue weighted by atomic mass is 10.0. The highest BCUT2D eigenvalue weighted by Gasteiger charge is 2.23. The lowest BCUT2D eigenvalue weighted by molar-refractivity contribution is -0.141. The molecule has 1 aliphatic heterocycles. The molecule has 0 bridgehead atoms. The number of hydrogen-bond acceptors (Lipinski definition) is 4. The molecular formula is C20H17Cl2NO4. The molecule has 0 radical (unpaired) electrons. The Morgan fingerprint density at radius 3 is 2.56 bits per heavy atom.